The highest BCUT2D eigenvalue weighted by Crippen LogP contribution is 2.09. The van der Waals surface area contributed by atoms with Crippen LogP contribution in [-0.2, 0) is 0 Å². The molecule has 0 unspecified atom stereocenters. The van der Waals surface area contributed by atoms with Gasteiger partial charge >= 0.3 is 0 Å². The molecule has 2 rings (SSSR count). The zero-order chi connectivity index (χ0) is 12.1. The molecule has 0 bridgehead atoms. The van der Waals surface area contributed by atoms with Crippen LogP contribution in [0.4, 0.5) is 0 Å². The van der Waals surface area contributed by atoms with E-state index < -0.39 is 0 Å². The highest BCUT2D eigenvalue weighted by Gasteiger charge is 1.96. The minimum atomic E-state index is 0.101. The number of carbonyl (C=O) groups excluding carboxylic acids is 1. The number of hydrogen-bond acceptors (Lipinski definition) is 1. The van der Waals surface area contributed by atoms with Gasteiger partial charge in [0.2, 0.25) is 0 Å². The van der Waals surface area contributed by atoms with E-state index in [0.717, 1.165) is 11.1 Å². The fourth-order valence-electron chi connectivity index (χ4n) is 1.59. The summed E-state index contributed by atoms with van der Waals surface area (Å²) < 4.78 is 0. The van der Waals surface area contributed by atoms with Crippen LogP contribution in [0.5, 0.6) is 0 Å². The lowest BCUT2D eigenvalue weighted by Gasteiger charge is -1.97. The van der Waals surface area contributed by atoms with Crippen LogP contribution in [0.25, 0.3) is 12.2 Å². The van der Waals surface area contributed by atoms with Crippen LogP contribution in [0.15, 0.2) is 54.6 Å². The van der Waals surface area contributed by atoms with Gasteiger partial charge in [0, 0.05) is 5.56 Å². The van der Waals surface area contributed by atoms with E-state index in [1.54, 1.807) is 6.92 Å². The number of benzene rings is 2. The van der Waals surface area contributed by atoms with Crippen molar-refractivity contribution < 1.29 is 4.79 Å². The van der Waals surface area contributed by atoms with Crippen LogP contribution in [0, 0.1) is 0 Å². The first-order chi connectivity index (χ1) is 8.25. The molecule has 1 heteroatoms. The van der Waals surface area contributed by atoms with Crippen LogP contribution in [0.2, 0.25) is 0 Å². The van der Waals surface area contributed by atoms with Gasteiger partial charge in [-0.25, -0.2) is 0 Å². The molecule has 0 saturated carbocycles. The molecule has 2 aromatic rings. The highest BCUT2D eigenvalue weighted by atomic mass is 16.1. The number of ketones is 1. The zero-order valence-electron chi connectivity index (χ0n) is 9.76. The summed E-state index contributed by atoms with van der Waals surface area (Å²) >= 11 is 0. The monoisotopic (exact) mass is 222 g/mol. The average Bonchev–Trinajstić information content (AvgIpc) is 2.38. The molecular weight excluding hydrogens is 208 g/mol. The average molecular weight is 222 g/mol. The molecule has 2 aromatic carbocycles. The first-order valence-corrected chi connectivity index (χ1v) is 5.60. The summed E-state index contributed by atoms with van der Waals surface area (Å²) in [6.07, 6.45) is 4.10. The zero-order valence-corrected chi connectivity index (χ0v) is 9.76. The summed E-state index contributed by atoms with van der Waals surface area (Å²) in [5.74, 6) is 0.101. The minimum absolute atomic E-state index is 0.101. The third-order valence-electron chi connectivity index (χ3n) is 2.59. The Kier molecular flexibility index (Phi) is 3.51. The molecule has 0 radical (unpaired) electrons. The molecule has 0 spiro atoms. The van der Waals surface area contributed by atoms with Crippen molar-refractivity contribution in [2.75, 3.05) is 0 Å². The predicted octanol–water partition coefficient (Wildman–Crippen LogP) is 4.06. The maximum Gasteiger partial charge on any atom is 0.159 e. The van der Waals surface area contributed by atoms with E-state index in [1.807, 2.05) is 48.5 Å². The van der Waals surface area contributed by atoms with E-state index in [-0.39, 0.29) is 5.78 Å². The Morgan fingerprint density at radius 3 is 1.88 bits per heavy atom. The maximum absolute atomic E-state index is 11.1. The van der Waals surface area contributed by atoms with Crippen LogP contribution >= 0.6 is 0 Å². The second-order valence-electron chi connectivity index (χ2n) is 3.92. The van der Waals surface area contributed by atoms with Crippen LogP contribution in [0.1, 0.15) is 28.4 Å². The van der Waals surface area contributed by atoms with Gasteiger partial charge in [0.15, 0.2) is 5.78 Å². The molecule has 0 N–H and O–H groups in total. The van der Waals surface area contributed by atoms with Gasteiger partial charge in [0.1, 0.15) is 0 Å². The van der Waals surface area contributed by atoms with Crippen molar-refractivity contribution >= 4 is 17.9 Å². The van der Waals surface area contributed by atoms with Gasteiger partial charge in [-0.1, -0.05) is 66.7 Å². The number of hydrogen-bond donors (Lipinski definition) is 0. The van der Waals surface area contributed by atoms with Crippen molar-refractivity contribution in [3.05, 3.63) is 71.3 Å². The van der Waals surface area contributed by atoms with E-state index in [4.69, 9.17) is 0 Å². The molecule has 0 aliphatic carbocycles. The summed E-state index contributed by atoms with van der Waals surface area (Å²) in [4.78, 5) is 11.1. The number of Topliss-reactive ketones (excluding diaryl/α,β-unsaturated/α-hetero) is 1. The van der Waals surface area contributed by atoms with Gasteiger partial charge in [-0.2, -0.15) is 0 Å². The van der Waals surface area contributed by atoms with Crippen molar-refractivity contribution in [3.63, 3.8) is 0 Å². The Hall–Kier alpha value is -2.15. The Morgan fingerprint density at radius 1 is 0.824 bits per heavy atom. The summed E-state index contributed by atoms with van der Waals surface area (Å²) in [5, 5.41) is 0. The summed E-state index contributed by atoms with van der Waals surface area (Å²) in [6.45, 7) is 1.58. The Balaban J connectivity index is 2.14. The summed E-state index contributed by atoms with van der Waals surface area (Å²) in [5.41, 5.74) is 3.02. The van der Waals surface area contributed by atoms with Crippen molar-refractivity contribution in [1.29, 1.82) is 0 Å². The van der Waals surface area contributed by atoms with E-state index in [1.165, 1.54) is 5.56 Å². The van der Waals surface area contributed by atoms with E-state index in [0.29, 0.717) is 0 Å². The quantitative estimate of drug-likeness (QED) is 0.565. The van der Waals surface area contributed by atoms with Gasteiger partial charge in [-0.3, -0.25) is 4.79 Å². The van der Waals surface area contributed by atoms with E-state index >= 15 is 0 Å². The second kappa shape index (κ2) is 5.26. The molecule has 0 aromatic heterocycles. The fraction of sp³-hybridized carbons (Fsp3) is 0.0625. The topological polar surface area (TPSA) is 17.1 Å². The van der Waals surface area contributed by atoms with Crippen LogP contribution in [-0.4, -0.2) is 5.78 Å². The molecule has 0 amide bonds. The van der Waals surface area contributed by atoms with Crippen molar-refractivity contribution in [2.24, 2.45) is 0 Å². The molecule has 0 saturated heterocycles. The maximum atomic E-state index is 11.1. The summed E-state index contributed by atoms with van der Waals surface area (Å²) in [6, 6.07) is 17.8. The second-order valence-corrected chi connectivity index (χ2v) is 3.92. The highest BCUT2D eigenvalue weighted by molar-refractivity contribution is 5.94. The molecule has 84 valence electrons. The molecule has 1 nitrogen and oxygen atoms in total. The Morgan fingerprint density at radius 2 is 1.35 bits per heavy atom. The molecular formula is C16H14O. The third kappa shape index (κ3) is 3.15. The third-order valence-corrected chi connectivity index (χ3v) is 2.59. The smallest absolute Gasteiger partial charge is 0.159 e. The summed E-state index contributed by atoms with van der Waals surface area (Å²) in [7, 11) is 0. The Labute approximate surface area is 101 Å². The normalized spacial score (nSPS) is 10.6. The van der Waals surface area contributed by atoms with Crippen molar-refractivity contribution in [3.8, 4) is 0 Å². The van der Waals surface area contributed by atoms with Gasteiger partial charge < -0.3 is 0 Å². The number of rotatable bonds is 3. The van der Waals surface area contributed by atoms with E-state index in [9.17, 15) is 4.79 Å². The minimum Gasteiger partial charge on any atom is -0.295 e. The molecule has 0 fully saturated rings. The van der Waals surface area contributed by atoms with Crippen LogP contribution in [0.3, 0.4) is 0 Å². The van der Waals surface area contributed by atoms with Crippen molar-refractivity contribution in [2.45, 2.75) is 6.92 Å². The molecule has 17 heavy (non-hydrogen) atoms. The molecule has 0 aliphatic heterocycles. The van der Waals surface area contributed by atoms with Gasteiger partial charge in [-0.15, -0.1) is 0 Å². The molecule has 0 aliphatic rings. The largest absolute Gasteiger partial charge is 0.295 e. The van der Waals surface area contributed by atoms with Crippen LogP contribution < -0.4 is 0 Å². The molecule has 0 heterocycles. The Bertz CT molecular complexity index is 521. The first kappa shape index (κ1) is 11.3. The van der Waals surface area contributed by atoms with E-state index in [2.05, 4.69) is 18.2 Å². The standard InChI is InChI=1S/C16H14O/c1-13(17)16-11-9-15(10-12-16)8-7-14-5-3-2-4-6-14/h2-12H,1H3/b8-7-. The van der Waals surface area contributed by atoms with Gasteiger partial charge in [0.25, 0.3) is 0 Å². The number of carbonyl (C=O) groups is 1. The SMILES string of the molecule is CC(=O)c1ccc(/C=C\c2ccccc2)cc1. The van der Waals surface area contributed by atoms with Gasteiger partial charge in [-0.05, 0) is 18.1 Å². The lowest BCUT2D eigenvalue weighted by atomic mass is 10.1. The predicted molar refractivity (Wildman–Crippen MR) is 71.8 cm³/mol. The first-order valence-electron chi connectivity index (χ1n) is 5.60. The lowest BCUT2D eigenvalue weighted by molar-refractivity contribution is 0.101. The molecule has 0 atom stereocenters. The fourth-order valence-corrected chi connectivity index (χ4v) is 1.59. The van der Waals surface area contributed by atoms with Gasteiger partial charge in [0.05, 0.1) is 0 Å². The lowest BCUT2D eigenvalue weighted by Crippen LogP contribution is -1.90. The van der Waals surface area contributed by atoms with Crippen molar-refractivity contribution in [1.82, 2.24) is 0 Å².